The van der Waals surface area contributed by atoms with Gasteiger partial charge in [-0.25, -0.2) is 8.42 Å². The molecule has 0 saturated carbocycles. The Balaban J connectivity index is 2.00. The van der Waals surface area contributed by atoms with Gasteiger partial charge in [-0.3, -0.25) is 4.79 Å². The van der Waals surface area contributed by atoms with Crippen LogP contribution >= 0.6 is 0 Å². The van der Waals surface area contributed by atoms with E-state index in [-0.39, 0.29) is 16.8 Å². The third kappa shape index (κ3) is 5.06. The van der Waals surface area contributed by atoms with Crippen molar-refractivity contribution in [3.63, 3.8) is 0 Å². The predicted molar refractivity (Wildman–Crippen MR) is 97.4 cm³/mol. The average Bonchev–Trinajstić information content (AvgIpc) is 2.56. The first kappa shape index (κ1) is 19.0. The SMILES string of the molecule is Cc1ccccc1O[C@@H](C)C(=O)N[C@H](C)c1ccc(S(C)(=O)=O)cc1. The average molecular weight is 361 g/mol. The quantitative estimate of drug-likeness (QED) is 0.858. The number of ether oxygens (including phenoxy) is 1. The van der Waals surface area contributed by atoms with Gasteiger partial charge in [0.15, 0.2) is 15.9 Å². The van der Waals surface area contributed by atoms with E-state index in [1.54, 1.807) is 31.2 Å². The normalized spacial score (nSPS) is 13.8. The van der Waals surface area contributed by atoms with Crippen LogP contribution in [-0.2, 0) is 14.6 Å². The maximum absolute atomic E-state index is 12.3. The second kappa shape index (κ2) is 7.70. The zero-order chi connectivity index (χ0) is 18.6. The van der Waals surface area contributed by atoms with Gasteiger partial charge >= 0.3 is 0 Å². The van der Waals surface area contributed by atoms with Gasteiger partial charge in [-0.2, -0.15) is 0 Å². The van der Waals surface area contributed by atoms with Crippen LogP contribution in [0.5, 0.6) is 5.75 Å². The molecule has 5 nitrogen and oxygen atoms in total. The number of benzene rings is 2. The molecule has 0 heterocycles. The van der Waals surface area contributed by atoms with Crippen molar-refractivity contribution in [1.82, 2.24) is 5.32 Å². The zero-order valence-corrected chi connectivity index (χ0v) is 15.6. The molecule has 0 aliphatic carbocycles. The van der Waals surface area contributed by atoms with Crippen molar-refractivity contribution in [2.75, 3.05) is 6.26 Å². The molecular weight excluding hydrogens is 338 g/mol. The van der Waals surface area contributed by atoms with Crippen molar-refractivity contribution >= 4 is 15.7 Å². The summed E-state index contributed by atoms with van der Waals surface area (Å²) in [5.74, 6) is 0.443. The molecule has 2 aromatic rings. The van der Waals surface area contributed by atoms with Gasteiger partial charge < -0.3 is 10.1 Å². The number of amides is 1. The second-order valence-corrected chi connectivity index (χ2v) is 8.11. The number of aryl methyl sites for hydroxylation is 1. The Morgan fingerprint density at radius 2 is 1.64 bits per heavy atom. The Labute approximate surface area is 148 Å². The maximum Gasteiger partial charge on any atom is 0.261 e. The van der Waals surface area contributed by atoms with Crippen LogP contribution in [0.3, 0.4) is 0 Å². The van der Waals surface area contributed by atoms with Crippen molar-refractivity contribution in [3.8, 4) is 5.75 Å². The van der Waals surface area contributed by atoms with Crippen LogP contribution in [0.15, 0.2) is 53.4 Å². The van der Waals surface area contributed by atoms with E-state index in [2.05, 4.69) is 5.32 Å². The van der Waals surface area contributed by atoms with Crippen LogP contribution in [0.2, 0.25) is 0 Å². The van der Waals surface area contributed by atoms with Gasteiger partial charge in [0.05, 0.1) is 10.9 Å². The fourth-order valence-corrected chi connectivity index (χ4v) is 2.98. The number of carbonyl (C=O) groups excluding carboxylic acids is 1. The first-order valence-corrected chi connectivity index (χ1v) is 9.90. The zero-order valence-electron chi connectivity index (χ0n) is 14.8. The van der Waals surface area contributed by atoms with Crippen molar-refractivity contribution in [2.45, 2.75) is 37.8 Å². The lowest BCUT2D eigenvalue weighted by Crippen LogP contribution is -2.37. The molecular formula is C19H23NO4S. The van der Waals surface area contributed by atoms with Crippen molar-refractivity contribution in [3.05, 3.63) is 59.7 Å². The second-order valence-electron chi connectivity index (χ2n) is 6.10. The molecule has 6 heteroatoms. The summed E-state index contributed by atoms with van der Waals surface area (Å²) in [4.78, 5) is 12.6. The van der Waals surface area contributed by atoms with Gasteiger partial charge in [0.1, 0.15) is 5.75 Å². The summed E-state index contributed by atoms with van der Waals surface area (Å²) >= 11 is 0. The smallest absolute Gasteiger partial charge is 0.261 e. The third-order valence-electron chi connectivity index (χ3n) is 3.93. The Bertz CT molecular complexity index is 844. The Kier molecular flexibility index (Phi) is 5.85. The van der Waals surface area contributed by atoms with Crippen LogP contribution < -0.4 is 10.1 Å². The molecule has 0 fully saturated rings. The van der Waals surface area contributed by atoms with E-state index in [4.69, 9.17) is 4.74 Å². The standard InChI is InChI=1S/C19H23NO4S/c1-13-7-5-6-8-18(13)24-15(3)19(21)20-14(2)16-9-11-17(12-10-16)25(4,22)23/h5-12,14-15H,1-4H3,(H,20,21)/t14-,15+/m1/s1. The number of hydrogen-bond acceptors (Lipinski definition) is 4. The number of hydrogen-bond donors (Lipinski definition) is 1. The molecule has 1 N–H and O–H groups in total. The Hall–Kier alpha value is -2.34. The largest absolute Gasteiger partial charge is 0.481 e. The van der Waals surface area contributed by atoms with E-state index in [1.807, 2.05) is 38.1 Å². The minimum atomic E-state index is -3.23. The Morgan fingerprint density at radius 3 is 2.20 bits per heavy atom. The molecule has 0 spiro atoms. The molecule has 0 unspecified atom stereocenters. The molecule has 134 valence electrons. The van der Waals surface area contributed by atoms with Gasteiger partial charge in [-0.15, -0.1) is 0 Å². The van der Waals surface area contributed by atoms with E-state index < -0.39 is 15.9 Å². The van der Waals surface area contributed by atoms with E-state index in [0.29, 0.717) is 5.75 Å². The van der Waals surface area contributed by atoms with Gasteiger partial charge in [-0.1, -0.05) is 30.3 Å². The summed E-state index contributed by atoms with van der Waals surface area (Å²) in [5.41, 5.74) is 1.79. The third-order valence-corrected chi connectivity index (χ3v) is 5.06. The molecule has 25 heavy (non-hydrogen) atoms. The first-order valence-electron chi connectivity index (χ1n) is 8.01. The van der Waals surface area contributed by atoms with E-state index >= 15 is 0 Å². The van der Waals surface area contributed by atoms with Gasteiger partial charge in [0, 0.05) is 6.26 Å². The number of carbonyl (C=O) groups is 1. The van der Waals surface area contributed by atoms with Gasteiger partial charge in [-0.05, 0) is 50.1 Å². The van der Waals surface area contributed by atoms with Crippen LogP contribution in [0.4, 0.5) is 0 Å². The Morgan fingerprint density at radius 1 is 1.04 bits per heavy atom. The van der Waals surface area contributed by atoms with Crippen molar-refractivity contribution in [2.24, 2.45) is 0 Å². The molecule has 2 atom stereocenters. The molecule has 0 aromatic heterocycles. The summed E-state index contributed by atoms with van der Waals surface area (Å²) in [5, 5.41) is 2.88. The lowest BCUT2D eigenvalue weighted by Gasteiger charge is -2.20. The van der Waals surface area contributed by atoms with E-state index in [9.17, 15) is 13.2 Å². The monoisotopic (exact) mass is 361 g/mol. The topological polar surface area (TPSA) is 72.5 Å². The summed E-state index contributed by atoms with van der Waals surface area (Å²) in [7, 11) is -3.23. The summed E-state index contributed by atoms with van der Waals surface area (Å²) in [6.07, 6.45) is 0.525. The van der Waals surface area contributed by atoms with Crippen molar-refractivity contribution in [1.29, 1.82) is 0 Å². The molecule has 0 radical (unpaired) electrons. The van der Waals surface area contributed by atoms with Gasteiger partial charge in [0.2, 0.25) is 0 Å². The minimum Gasteiger partial charge on any atom is -0.481 e. The predicted octanol–water partition coefficient (Wildman–Crippen LogP) is 3.04. The highest BCUT2D eigenvalue weighted by molar-refractivity contribution is 7.90. The van der Waals surface area contributed by atoms with Gasteiger partial charge in [0.25, 0.3) is 5.91 Å². The number of nitrogens with one attached hydrogen (secondary N) is 1. The van der Waals surface area contributed by atoms with Crippen molar-refractivity contribution < 1.29 is 17.9 Å². The van der Waals surface area contributed by atoms with E-state index in [1.165, 1.54) is 0 Å². The fraction of sp³-hybridized carbons (Fsp3) is 0.316. The number of rotatable bonds is 6. The number of para-hydroxylation sites is 1. The highest BCUT2D eigenvalue weighted by Gasteiger charge is 2.18. The van der Waals surface area contributed by atoms with E-state index in [0.717, 1.165) is 17.4 Å². The molecule has 0 aliphatic rings. The lowest BCUT2D eigenvalue weighted by atomic mass is 10.1. The number of sulfone groups is 1. The minimum absolute atomic E-state index is 0.233. The molecule has 0 saturated heterocycles. The molecule has 2 rings (SSSR count). The summed E-state index contributed by atoms with van der Waals surface area (Å²) in [6.45, 7) is 5.46. The maximum atomic E-state index is 12.3. The highest BCUT2D eigenvalue weighted by atomic mass is 32.2. The fourth-order valence-electron chi connectivity index (χ4n) is 2.35. The molecule has 2 aromatic carbocycles. The van der Waals surface area contributed by atoms with Crippen LogP contribution in [0, 0.1) is 6.92 Å². The lowest BCUT2D eigenvalue weighted by molar-refractivity contribution is -0.127. The van der Waals surface area contributed by atoms with Crippen LogP contribution in [0.1, 0.15) is 31.0 Å². The highest BCUT2D eigenvalue weighted by Crippen LogP contribution is 2.19. The molecule has 1 amide bonds. The van der Waals surface area contributed by atoms with Crippen LogP contribution in [0.25, 0.3) is 0 Å². The molecule has 0 bridgehead atoms. The van der Waals surface area contributed by atoms with Crippen LogP contribution in [-0.4, -0.2) is 26.7 Å². The molecule has 0 aliphatic heterocycles. The summed E-state index contributed by atoms with van der Waals surface area (Å²) in [6, 6.07) is 13.7. The summed E-state index contributed by atoms with van der Waals surface area (Å²) < 4.78 is 28.7. The first-order chi connectivity index (χ1) is 11.7.